The van der Waals surface area contributed by atoms with Gasteiger partial charge in [-0.3, -0.25) is 4.68 Å². The van der Waals surface area contributed by atoms with Crippen LogP contribution in [0.3, 0.4) is 0 Å². The number of anilines is 3. The molecule has 0 aliphatic rings. The summed E-state index contributed by atoms with van der Waals surface area (Å²) < 4.78 is 28.9. The van der Waals surface area contributed by atoms with E-state index in [0.717, 1.165) is 12.1 Å². The lowest BCUT2D eigenvalue weighted by Crippen LogP contribution is -2.03. The Labute approximate surface area is 124 Å². The van der Waals surface area contributed by atoms with Crippen LogP contribution in [-0.4, -0.2) is 9.78 Å². The van der Waals surface area contributed by atoms with E-state index < -0.39 is 11.6 Å². The van der Waals surface area contributed by atoms with Crippen molar-refractivity contribution in [3.63, 3.8) is 0 Å². The van der Waals surface area contributed by atoms with E-state index in [2.05, 4.69) is 26.3 Å². The SMILES string of the molecule is CC(C)c1nn(C)c(Nc2cc(F)c(Br)cc2F)c1N. The summed E-state index contributed by atoms with van der Waals surface area (Å²) in [4.78, 5) is 0. The Morgan fingerprint density at radius 3 is 2.50 bits per heavy atom. The van der Waals surface area contributed by atoms with Crippen molar-refractivity contribution in [3.05, 3.63) is 33.9 Å². The molecule has 0 saturated carbocycles. The van der Waals surface area contributed by atoms with Gasteiger partial charge >= 0.3 is 0 Å². The highest BCUT2D eigenvalue weighted by molar-refractivity contribution is 9.10. The van der Waals surface area contributed by atoms with E-state index in [4.69, 9.17) is 5.73 Å². The summed E-state index contributed by atoms with van der Waals surface area (Å²) in [6.45, 7) is 3.92. The lowest BCUT2D eigenvalue weighted by atomic mass is 10.1. The van der Waals surface area contributed by atoms with E-state index in [1.165, 1.54) is 4.68 Å². The minimum atomic E-state index is -0.579. The molecule has 2 aromatic rings. The number of aryl methyl sites for hydroxylation is 1. The second kappa shape index (κ2) is 5.40. The summed E-state index contributed by atoms with van der Waals surface area (Å²) >= 11 is 2.93. The van der Waals surface area contributed by atoms with Gasteiger partial charge in [-0.05, 0) is 27.9 Å². The number of aromatic nitrogens is 2. The van der Waals surface area contributed by atoms with Gasteiger partial charge in [0.1, 0.15) is 11.6 Å². The van der Waals surface area contributed by atoms with E-state index in [1.54, 1.807) is 7.05 Å². The number of nitrogen functional groups attached to an aromatic ring is 1. The number of benzene rings is 1. The summed E-state index contributed by atoms with van der Waals surface area (Å²) in [5, 5.41) is 7.07. The molecule has 7 heteroatoms. The molecule has 0 atom stereocenters. The Kier molecular flexibility index (Phi) is 3.99. The van der Waals surface area contributed by atoms with Gasteiger partial charge < -0.3 is 11.1 Å². The predicted octanol–water partition coefficient (Wildman–Crippen LogP) is 3.91. The van der Waals surface area contributed by atoms with Crippen LogP contribution in [0.25, 0.3) is 0 Å². The van der Waals surface area contributed by atoms with E-state index in [0.29, 0.717) is 17.2 Å². The summed E-state index contributed by atoms with van der Waals surface area (Å²) in [6.07, 6.45) is 0. The third-order valence-corrected chi connectivity index (χ3v) is 3.53. The fourth-order valence-electron chi connectivity index (χ4n) is 1.88. The molecule has 0 spiro atoms. The van der Waals surface area contributed by atoms with Crippen LogP contribution < -0.4 is 11.1 Å². The highest BCUT2D eigenvalue weighted by Crippen LogP contribution is 2.32. The van der Waals surface area contributed by atoms with Crippen molar-refractivity contribution in [1.29, 1.82) is 0 Å². The van der Waals surface area contributed by atoms with Crippen molar-refractivity contribution in [3.8, 4) is 0 Å². The molecule has 1 heterocycles. The molecule has 0 unspecified atom stereocenters. The van der Waals surface area contributed by atoms with E-state index in [-0.39, 0.29) is 16.1 Å². The minimum Gasteiger partial charge on any atom is -0.394 e. The second-order valence-electron chi connectivity index (χ2n) is 4.80. The molecule has 0 aliphatic heterocycles. The average Bonchev–Trinajstić information content (AvgIpc) is 2.63. The minimum absolute atomic E-state index is 0.00991. The number of hydrogen-bond acceptors (Lipinski definition) is 3. The molecule has 108 valence electrons. The second-order valence-corrected chi connectivity index (χ2v) is 5.65. The van der Waals surface area contributed by atoms with Crippen molar-refractivity contribution >= 4 is 33.1 Å². The van der Waals surface area contributed by atoms with Gasteiger partial charge in [0, 0.05) is 13.1 Å². The molecule has 0 fully saturated rings. The van der Waals surface area contributed by atoms with Gasteiger partial charge in [-0.25, -0.2) is 8.78 Å². The average molecular weight is 345 g/mol. The van der Waals surface area contributed by atoms with Crippen LogP contribution in [0.2, 0.25) is 0 Å². The van der Waals surface area contributed by atoms with Gasteiger partial charge in [0.2, 0.25) is 0 Å². The fourth-order valence-corrected chi connectivity index (χ4v) is 2.20. The van der Waals surface area contributed by atoms with Gasteiger partial charge in [0.15, 0.2) is 5.82 Å². The molecule has 4 nitrogen and oxygen atoms in total. The Morgan fingerprint density at radius 2 is 1.95 bits per heavy atom. The zero-order valence-corrected chi connectivity index (χ0v) is 12.9. The van der Waals surface area contributed by atoms with Crippen LogP contribution in [-0.2, 0) is 7.05 Å². The van der Waals surface area contributed by atoms with Gasteiger partial charge in [-0.15, -0.1) is 0 Å². The maximum atomic E-state index is 13.8. The molecule has 20 heavy (non-hydrogen) atoms. The molecular weight excluding hydrogens is 330 g/mol. The fraction of sp³-hybridized carbons (Fsp3) is 0.308. The first-order valence-electron chi connectivity index (χ1n) is 6.05. The first kappa shape index (κ1) is 14.8. The van der Waals surface area contributed by atoms with Crippen LogP contribution >= 0.6 is 15.9 Å². The monoisotopic (exact) mass is 344 g/mol. The Hall–Kier alpha value is -1.63. The first-order chi connectivity index (χ1) is 9.31. The highest BCUT2D eigenvalue weighted by Gasteiger charge is 2.17. The summed E-state index contributed by atoms with van der Waals surface area (Å²) in [6, 6.07) is 2.13. The third-order valence-electron chi connectivity index (χ3n) is 2.92. The van der Waals surface area contributed by atoms with Gasteiger partial charge in [-0.1, -0.05) is 13.8 Å². The van der Waals surface area contributed by atoms with Crippen LogP contribution in [0.1, 0.15) is 25.5 Å². The Morgan fingerprint density at radius 1 is 1.30 bits per heavy atom. The van der Waals surface area contributed by atoms with Crippen molar-refractivity contribution in [1.82, 2.24) is 9.78 Å². The zero-order valence-electron chi connectivity index (χ0n) is 11.3. The molecule has 0 aliphatic carbocycles. The van der Waals surface area contributed by atoms with Gasteiger partial charge in [0.25, 0.3) is 0 Å². The highest BCUT2D eigenvalue weighted by atomic mass is 79.9. The molecular formula is C13H15BrF2N4. The topological polar surface area (TPSA) is 55.9 Å². The molecule has 3 N–H and O–H groups in total. The summed E-state index contributed by atoms with van der Waals surface area (Å²) in [7, 11) is 1.69. The maximum absolute atomic E-state index is 13.8. The number of nitrogens with two attached hydrogens (primary N) is 1. The maximum Gasteiger partial charge on any atom is 0.152 e. The molecule has 0 radical (unpaired) electrons. The van der Waals surface area contributed by atoms with Gasteiger partial charge in [-0.2, -0.15) is 5.10 Å². The Balaban J connectivity index is 2.43. The molecule has 0 bridgehead atoms. The number of halogens is 3. The Bertz CT molecular complexity index is 652. The van der Waals surface area contributed by atoms with Crippen LogP contribution in [0.15, 0.2) is 16.6 Å². The molecule has 0 saturated heterocycles. The number of nitrogens with zero attached hydrogens (tertiary/aromatic N) is 2. The van der Waals surface area contributed by atoms with Crippen LogP contribution in [0.4, 0.5) is 26.0 Å². The standard InChI is InChI=1S/C13H15BrF2N4/c1-6(2)12-11(17)13(20(3)19-12)18-10-5-8(15)7(14)4-9(10)16/h4-6,18H,17H2,1-3H3. The number of hydrogen-bond donors (Lipinski definition) is 2. The van der Waals surface area contributed by atoms with Crippen molar-refractivity contribution in [2.24, 2.45) is 7.05 Å². The lowest BCUT2D eigenvalue weighted by Gasteiger charge is -2.10. The number of rotatable bonds is 3. The molecule has 2 rings (SSSR count). The van der Waals surface area contributed by atoms with Crippen LogP contribution in [0.5, 0.6) is 0 Å². The zero-order chi connectivity index (χ0) is 15.0. The van der Waals surface area contributed by atoms with E-state index >= 15 is 0 Å². The smallest absolute Gasteiger partial charge is 0.152 e. The van der Waals surface area contributed by atoms with E-state index in [1.807, 2.05) is 13.8 Å². The summed E-state index contributed by atoms with van der Waals surface area (Å²) in [5.41, 5.74) is 7.16. The number of nitrogens with one attached hydrogen (secondary N) is 1. The summed E-state index contributed by atoms with van der Waals surface area (Å²) in [5.74, 6) is -0.554. The van der Waals surface area contributed by atoms with Gasteiger partial charge in [0.05, 0.1) is 21.5 Å². The predicted molar refractivity (Wildman–Crippen MR) is 79.1 cm³/mol. The van der Waals surface area contributed by atoms with E-state index in [9.17, 15) is 8.78 Å². The lowest BCUT2D eigenvalue weighted by molar-refractivity contribution is 0.597. The van der Waals surface area contributed by atoms with Crippen molar-refractivity contribution in [2.45, 2.75) is 19.8 Å². The van der Waals surface area contributed by atoms with Crippen LogP contribution in [0, 0.1) is 11.6 Å². The molecule has 1 aromatic carbocycles. The quantitative estimate of drug-likeness (QED) is 0.830. The van der Waals surface area contributed by atoms with Crippen molar-refractivity contribution < 1.29 is 8.78 Å². The molecule has 0 amide bonds. The van der Waals surface area contributed by atoms with Crippen molar-refractivity contribution in [2.75, 3.05) is 11.1 Å². The third kappa shape index (κ3) is 2.63. The largest absolute Gasteiger partial charge is 0.394 e. The normalized spacial score (nSPS) is 11.2. The molecule has 1 aromatic heterocycles. The first-order valence-corrected chi connectivity index (χ1v) is 6.84.